The Bertz CT molecular complexity index is 1090. The molecule has 0 atom stereocenters. The van der Waals surface area contributed by atoms with Crippen LogP contribution in [0.15, 0.2) is 57.7 Å². The Balaban J connectivity index is 1.73. The number of hydrogen-bond donors (Lipinski definition) is 1. The van der Waals surface area contributed by atoms with E-state index in [-0.39, 0.29) is 11.4 Å². The van der Waals surface area contributed by atoms with E-state index in [0.717, 1.165) is 23.4 Å². The van der Waals surface area contributed by atoms with Crippen LogP contribution in [-0.2, 0) is 17.4 Å². The minimum atomic E-state index is -4.59. The first-order valence-corrected chi connectivity index (χ1v) is 8.93. The summed E-state index contributed by atoms with van der Waals surface area (Å²) in [6.07, 6.45) is -3.02. The molecule has 1 N–H and O–H groups in total. The Morgan fingerprint density at radius 1 is 1.14 bits per heavy atom. The summed E-state index contributed by atoms with van der Waals surface area (Å²) < 4.78 is 49.5. The highest BCUT2D eigenvalue weighted by Gasteiger charge is 2.33. The van der Waals surface area contributed by atoms with Crippen LogP contribution in [0.25, 0.3) is 11.0 Å². The van der Waals surface area contributed by atoms with Crippen molar-refractivity contribution >= 4 is 22.6 Å². The van der Waals surface area contributed by atoms with E-state index in [1.165, 1.54) is 30.3 Å². The fourth-order valence-corrected chi connectivity index (χ4v) is 2.95. The molecule has 29 heavy (non-hydrogen) atoms. The highest BCUT2D eigenvalue weighted by Crippen LogP contribution is 2.34. The molecule has 0 fully saturated rings. The molecule has 0 unspecified atom stereocenters. The van der Waals surface area contributed by atoms with E-state index >= 15 is 0 Å². The van der Waals surface area contributed by atoms with Crippen LogP contribution in [0.2, 0.25) is 0 Å². The fourth-order valence-electron chi connectivity index (χ4n) is 2.95. The third kappa shape index (κ3) is 4.96. The first kappa shape index (κ1) is 20.4. The van der Waals surface area contributed by atoms with Crippen molar-refractivity contribution in [2.24, 2.45) is 0 Å². The maximum Gasteiger partial charge on any atom is 0.418 e. The first-order chi connectivity index (χ1) is 13.8. The average Bonchev–Trinajstić information content (AvgIpc) is 2.66. The summed E-state index contributed by atoms with van der Waals surface area (Å²) in [7, 11) is 0. The number of aryl methyl sites for hydroxylation is 1. The molecule has 0 bridgehead atoms. The molecule has 0 spiro atoms. The van der Waals surface area contributed by atoms with Gasteiger partial charge in [0.25, 0.3) is 5.91 Å². The zero-order valence-corrected chi connectivity index (χ0v) is 15.5. The number of halogens is 3. The van der Waals surface area contributed by atoms with Gasteiger partial charge in [0.15, 0.2) is 6.61 Å². The molecule has 1 amide bonds. The summed E-state index contributed by atoms with van der Waals surface area (Å²) in [6.45, 7) is 1.49. The summed E-state index contributed by atoms with van der Waals surface area (Å²) in [4.78, 5) is 23.8. The zero-order valence-electron chi connectivity index (χ0n) is 15.5. The lowest BCUT2D eigenvalue weighted by atomic mass is 10.1. The minimum absolute atomic E-state index is 0.258. The van der Waals surface area contributed by atoms with Gasteiger partial charge in [-0.05, 0) is 36.2 Å². The molecular weight excluding hydrogens is 387 g/mol. The van der Waals surface area contributed by atoms with Gasteiger partial charge in [-0.1, -0.05) is 25.5 Å². The molecular formula is C21H18F3NO4. The van der Waals surface area contributed by atoms with Gasteiger partial charge < -0.3 is 14.5 Å². The quantitative estimate of drug-likeness (QED) is 0.599. The number of amides is 1. The van der Waals surface area contributed by atoms with Crippen molar-refractivity contribution in [2.45, 2.75) is 25.9 Å². The standard InChI is InChI=1S/C21H18F3NO4/c1-2-5-13-10-20(27)29-18-11-14(8-9-15(13)18)28-12-19(26)25-17-7-4-3-6-16(17)21(22,23)24/h3-4,6-11H,2,5,12H2,1H3,(H,25,26). The maximum absolute atomic E-state index is 13.0. The number of rotatable bonds is 6. The third-order valence-electron chi connectivity index (χ3n) is 4.20. The predicted octanol–water partition coefficient (Wildman–Crippen LogP) is 4.78. The average molecular weight is 405 g/mol. The van der Waals surface area contributed by atoms with Gasteiger partial charge in [0.1, 0.15) is 11.3 Å². The van der Waals surface area contributed by atoms with Gasteiger partial charge in [-0.15, -0.1) is 0 Å². The second-order valence-electron chi connectivity index (χ2n) is 6.38. The minimum Gasteiger partial charge on any atom is -0.484 e. The van der Waals surface area contributed by atoms with Crippen LogP contribution in [0.3, 0.4) is 0 Å². The third-order valence-corrected chi connectivity index (χ3v) is 4.20. The number of nitrogens with one attached hydrogen (secondary N) is 1. The number of anilines is 1. The van der Waals surface area contributed by atoms with Gasteiger partial charge in [-0.2, -0.15) is 13.2 Å². The maximum atomic E-state index is 13.0. The monoisotopic (exact) mass is 405 g/mol. The first-order valence-electron chi connectivity index (χ1n) is 8.93. The number of carbonyl (C=O) groups is 1. The van der Waals surface area contributed by atoms with Gasteiger partial charge in [-0.25, -0.2) is 4.79 Å². The van der Waals surface area contributed by atoms with E-state index in [0.29, 0.717) is 12.0 Å². The summed E-state index contributed by atoms with van der Waals surface area (Å²) in [6, 6.07) is 10.9. The van der Waals surface area contributed by atoms with Gasteiger partial charge in [0.2, 0.25) is 0 Å². The second-order valence-corrected chi connectivity index (χ2v) is 6.38. The molecule has 1 aromatic heterocycles. The van der Waals surface area contributed by atoms with Crippen LogP contribution in [0.1, 0.15) is 24.5 Å². The van der Waals surface area contributed by atoms with Crippen LogP contribution in [0, 0.1) is 0 Å². The number of ether oxygens (including phenoxy) is 1. The molecule has 5 nitrogen and oxygen atoms in total. The second kappa shape index (κ2) is 8.38. The number of benzene rings is 2. The number of para-hydroxylation sites is 1. The Morgan fingerprint density at radius 2 is 1.90 bits per heavy atom. The van der Waals surface area contributed by atoms with Crippen LogP contribution in [-0.4, -0.2) is 12.5 Å². The van der Waals surface area contributed by atoms with Crippen molar-refractivity contribution in [1.82, 2.24) is 0 Å². The molecule has 0 aliphatic rings. The van der Waals surface area contributed by atoms with Gasteiger partial charge in [0.05, 0.1) is 11.3 Å². The summed E-state index contributed by atoms with van der Waals surface area (Å²) in [5, 5.41) is 2.97. The van der Waals surface area contributed by atoms with E-state index in [4.69, 9.17) is 9.15 Å². The SMILES string of the molecule is CCCc1cc(=O)oc2cc(OCC(=O)Nc3ccccc3C(F)(F)F)ccc12. The lowest BCUT2D eigenvalue weighted by Crippen LogP contribution is -2.22. The van der Waals surface area contributed by atoms with E-state index < -0.39 is 29.9 Å². The molecule has 0 aliphatic heterocycles. The molecule has 0 aliphatic carbocycles. The van der Waals surface area contributed by atoms with Gasteiger partial charge in [-0.3, -0.25) is 4.79 Å². The van der Waals surface area contributed by atoms with Crippen LogP contribution in [0.5, 0.6) is 5.75 Å². The molecule has 0 saturated heterocycles. The van der Waals surface area contributed by atoms with Crippen LogP contribution in [0.4, 0.5) is 18.9 Å². The predicted molar refractivity (Wildman–Crippen MR) is 102 cm³/mol. The van der Waals surface area contributed by atoms with Crippen molar-refractivity contribution in [2.75, 3.05) is 11.9 Å². The Morgan fingerprint density at radius 3 is 2.62 bits per heavy atom. The van der Waals surface area contributed by atoms with Gasteiger partial charge in [0, 0.05) is 17.5 Å². The molecule has 3 rings (SSSR count). The largest absolute Gasteiger partial charge is 0.484 e. The molecule has 1 heterocycles. The molecule has 8 heteroatoms. The van der Waals surface area contributed by atoms with Crippen molar-refractivity contribution in [3.63, 3.8) is 0 Å². The van der Waals surface area contributed by atoms with Gasteiger partial charge >= 0.3 is 11.8 Å². The highest BCUT2D eigenvalue weighted by molar-refractivity contribution is 5.92. The Labute approximate surface area is 164 Å². The van der Waals surface area contributed by atoms with Crippen LogP contribution < -0.4 is 15.7 Å². The fraction of sp³-hybridized carbons (Fsp3) is 0.238. The van der Waals surface area contributed by atoms with Crippen molar-refractivity contribution < 1.29 is 27.1 Å². The van der Waals surface area contributed by atoms with Crippen LogP contribution >= 0.6 is 0 Å². The van der Waals surface area contributed by atoms with Crippen molar-refractivity contribution in [3.05, 3.63) is 70.1 Å². The van der Waals surface area contributed by atoms with Crippen molar-refractivity contribution in [3.8, 4) is 5.75 Å². The molecule has 3 aromatic rings. The Kier molecular flexibility index (Phi) is 5.91. The van der Waals surface area contributed by atoms with E-state index in [9.17, 15) is 22.8 Å². The van der Waals surface area contributed by atoms with E-state index in [1.54, 1.807) is 12.1 Å². The summed E-state index contributed by atoms with van der Waals surface area (Å²) in [5.41, 5.74) is -0.598. The number of carbonyl (C=O) groups excluding carboxylic acids is 1. The summed E-state index contributed by atoms with van der Waals surface area (Å²) in [5.74, 6) is -0.489. The molecule has 0 saturated carbocycles. The molecule has 2 aromatic carbocycles. The van der Waals surface area contributed by atoms with E-state index in [1.807, 2.05) is 6.92 Å². The topological polar surface area (TPSA) is 68.5 Å². The molecule has 152 valence electrons. The van der Waals surface area contributed by atoms with E-state index in [2.05, 4.69) is 5.32 Å². The summed E-state index contributed by atoms with van der Waals surface area (Å²) >= 11 is 0. The smallest absolute Gasteiger partial charge is 0.418 e. The zero-order chi connectivity index (χ0) is 21.0. The highest BCUT2D eigenvalue weighted by atomic mass is 19.4. The lowest BCUT2D eigenvalue weighted by Gasteiger charge is -2.14. The normalized spacial score (nSPS) is 11.4. The molecule has 0 radical (unpaired) electrons. The number of fused-ring (bicyclic) bond motifs is 1. The number of hydrogen-bond acceptors (Lipinski definition) is 4. The lowest BCUT2D eigenvalue weighted by molar-refractivity contribution is -0.137. The number of alkyl halides is 3. The Hall–Kier alpha value is -3.29. The van der Waals surface area contributed by atoms with Crippen molar-refractivity contribution in [1.29, 1.82) is 0 Å².